The number of rotatable bonds is 4. The molecule has 0 spiro atoms. The van der Waals surface area contributed by atoms with Crippen molar-refractivity contribution in [2.75, 3.05) is 13.1 Å². The van der Waals surface area contributed by atoms with Gasteiger partial charge in [0, 0.05) is 6.42 Å². The van der Waals surface area contributed by atoms with Gasteiger partial charge in [0.25, 0.3) is 5.56 Å². The fraction of sp³-hybridized carbons (Fsp3) is 0.389. The van der Waals surface area contributed by atoms with Crippen molar-refractivity contribution in [3.05, 3.63) is 58.2 Å². The number of benzene rings is 1. The molecule has 1 saturated heterocycles. The average molecular weight is 341 g/mol. The molecule has 3 aromatic rings. The largest absolute Gasteiger partial charge is 0.317 e. The maximum Gasteiger partial charge on any atom is 0.278 e. The lowest BCUT2D eigenvalue weighted by molar-refractivity contribution is 0.364. The second kappa shape index (κ2) is 6.76. The van der Waals surface area contributed by atoms with Crippen LogP contribution in [0.3, 0.4) is 0 Å². The highest BCUT2D eigenvalue weighted by Crippen LogP contribution is 2.21. The van der Waals surface area contributed by atoms with Gasteiger partial charge in [0.05, 0.1) is 12.9 Å². The molecule has 1 aliphatic rings. The van der Waals surface area contributed by atoms with Gasteiger partial charge in [0.2, 0.25) is 0 Å². The molecule has 1 fully saturated rings. The molecule has 0 unspecified atom stereocenters. The third kappa shape index (κ3) is 3.32. The second-order valence-electron chi connectivity index (χ2n) is 6.54. The van der Waals surface area contributed by atoms with E-state index in [-0.39, 0.29) is 11.4 Å². The number of halogens is 1. The summed E-state index contributed by atoms with van der Waals surface area (Å²) >= 11 is 0. The van der Waals surface area contributed by atoms with Crippen molar-refractivity contribution in [2.24, 2.45) is 5.92 Å². The first-order chi connectivity index (χ1) is 12.2. The topological polar surface area (TPSA) is 75.6 Å². The van der Waals surface area contributed by atoms with Crippen LogP contribution in [0.1, 0.15) is 24.2 Å². The minimum Gasteiger partial charge on any atom is -0.317 e. The van der Waals surface area contributed by atoms with Gasteiger partial charge in [-0.1, -0.05) is 12.1 Å². The lowest BCUT2D eigenvalue weighted by Gasteiger charge is -2.22. The van der Waals surface area contributed by atoms with Gasteiger partial charge >= 0.3 is 0 Å². The molecule has 0 saturated carbocycles. The van der Waals surface area contributed by atoms with Gasteiger partial charge < -0.3 is 14.9 Å². The summed E-state index contributed by atoms with van der Waals surface area (Å²) in [5.41, 5.74) is 1.68. The highest BCUT2D eigenvalue weighted by atomic mass is 19.1. The highest BCUT2D eigenvalue weighted by molar-refractivity contribution is 5.70. The highest BCUT2D eigenvalue weighted by Gasteiger charge is 2.20. The van der Waals surface area contributed by atoms with E-state index in [1.165, 1.54) is 18.5 Å². The molecule has 25 heavy (non-hydrogen) atoms. The summed E-state index contributed by atoms with van der Waals surface area (Å²) in [5, 5.41) is 3.37. The molecule has 2 aromatic heterocycles. The van der Waals surface area contributed by atoms with Gasteiger partial charge in [0.1, 0.15) is 11.6 Å². The number of nitrogens with one attached hydrogen (secondary N) is 2. The SMILES string of the molecule is O=c1[nH]cnc2c1nc(CC1CCNCC1)n2Cc1ccc(F)cc1. The van der Waals surface area contributed by atoms with E-state index in [4.69, 9.17) is 0 Å². The number of piperidine rings is 1. The molecule has 1 aliphatic heterocycles. The van der Waals surface area contributed by atoms with Crippen molar-refractivity contribution in [1.82, 2.24) is 24.8 Å². The van der Waals surface area contributed by atoms with Gasteiger partial charge in [-0.25, -0.2) is 14.4 Å². The molecule has 6 nitrogen and oxygen atoms in total. The quantitative estimate of drug-likeness (QED) is 0.759. The molecule has 3 heterocycles. The van der Waals surface area contributed by atoms with Gasteiger partial charge in [0.15, 0.2) is 11.2 Å². The van der Waals surface area contributed by atoms with Gasteiger partial charge in [-0.05, 0) is 49.5 Å². The molecule has 4 rings (SSSR count). The summed E-state index contributed by atoms with van der Waals surface area (Å²) in [6.07, 6.45) is 4.42. The lowest BCUT2D eigenvalue weighted by Crippen LogP contribution is -2.29. The Kier molecular flexibility index (Phi) is 4.31. The predicted molar refractivity (Wildman–Crippen MR) is 92.9 cm³/mol. The maximum absolute atomic E-state index is 13.2. The van der Waals surface area contributed by atoms with Crippen LogP contribution in [-0.2, 0) is 13.0 Å². The Hall–Kier alpha value is -2.54. The third-order valence-electron chi connectivity index (χ3n) is 4.80. The van der Waals surface area contributed by atoms with Crippen molar-refractivity contribution in [3.63, 3.8) is 0 Å². The zero-order chi connectivity index (χ0) is 17.2. The van der Waals surface area contributed by atoms with E-state index in [0.29, 0.717) is 23.6 Å². The Morgan fingerprint density at radius 1 is 1.20 bits per heavy atom. The number of hydrogen-bond donors (Lipinski definition) is 2. The molecule has 130 valence electrons. The van der Waals surface area contributed by atoms with E-state index in [1.54, 1.807) is 12.1 Å². The van der Waals surface area contributed by atoms with Gasteiger partial charge in [-0.15, -0.1) is 0 Å². The number of aromatic nitrogens is 4. The first-order valence-electron chi connectivity index (χ1n) is 8.58. The minimum absolute atomic E-state index is 0.227. The van der Waals surface area contributed by atoms with Crippen LogP contribution in [-0.4, -0.2) is 32.6 Å². The third-order valence-corrected chi connectivity index (χ3v) is 4.80. The van der Waals surface area contributed by atoms with Crippen LogP contribution < -0.4 is 10.9 Å². The van der Waals surface area contributed by atoms with Crippen molar-refractivity contribution in [2.45, 2.75) is 25.8 Å². The number of imidazole rings is 1. The second-order valence-corrected chi connectivity index (χ2v) is 6.54. The first-order valence-corrected chi connectivity index (χ1v) is 8.58. The molecule has 0 aliphatic carbocycles. The molecule has 1 aromatic carbocycles. The van der Waals surface area contributed by atoms with Crippen molar-refractivity contribution in [3.8, 4) is 0 Å². The van der Waals surface area contributed by atoms with Crippen LogP contribution in [0.15, 0.2) is 35.4 Å². The lowest BCUT2D eigenvalue weighted by atomic mass is 9.94. The Morgan fingerprint density at radius 2 is 1.96 bits per heavy atom. The number of aromatic amines is 1. The molecule has 0 atom stereocenters. The van der Waals surface area contributed by atoms with Crippen molar-refractivity contribution < 1.29 is 4.39 Å². The monoisotopic (exact) mass is 341 g/mol. The van der Waals surface area contributed by atoms with Crippen LogP contribution in [0.4, 0.5) is 4.39 Å². The number of fused-ring (bicyclic) bond motifs is 1. The Bertz CT molecular complexity index is 925. The zero-order valence-corrected chi connectivity index (χ0v) is 13.8. The maximum atomic E-state index is 13.2. The van der Waals surface area contributed by atoms with E-state index < -0.39 is 0 Å². The molecule has 2 N–H and O–H groups in total. The summed E-state index contributed by atoms with van der Waals surface area (Å²) in [7, 11) is 0. The fourth-order valence-corrected chi connectivity index (χ4v) is 3.43. The van der Waals surface area contributed by atoms with E-state index >= 15 is 0 Å². The van der Waals surface area contributed by atoms with Crippen LogP contribution in [0.2, 0.25) is 0 Å². The normalized spacial score (nSPS) is 15.7. The van der Waals surface area contributed by atoms with Crippen LogP contribution in [0.5, 0.6) is 0 Å². The summed E-state index contributed by atoms with van der Waals surface area (Å²) in [6.45, 7) is 2.55. The van der Waals surface area contributed by atoms with Gasteiger partial charge in [-0.3, -0.25) is 4.79 Å². The van der Waals surface area contributed by atoms with Gasteiger partial charge in [-0.2, -0.15) is 0 Å². The average Bonchev–Trinajstić information content (AvgIpc) is 2.97. The predicted octanol–water partition coefficient (Wildman–Crippen LogP) is 1.85. The first kappa shape index (κ1) is 16.0. The molecule has 7 heteroatoms. The summed E-state index contributed by atoms with van der Waals surface area (Å²) in [5.74, 6) is 1.16. The number of hydrogen-bond acceptors (Lipinski definition) is 4. The Balaban J connectivity index is 1.73. The Labute approximate surface area is 144 Å². The standard InChI is InChI=1S/C18H20FN5O/c19-14-3-1-13(2-4-14)10-24-15(9-12-5-7-20-8-6-12)23-16-17(24)21-11-22-18(16)25/h1-4,11-12,20H,5-10H2,(H,21,22,25). The molecular formula is C18H20FN5O. The van der Waals surface area contributed by atoms with Crippen LogP contribution in [0, 0.1) is 11.7 Å². The van der Waals surface area contributed by atoms with E-state index in [0.717, 1.165) is 43.7 Å². The molecule has 0 bridgehead atoms. The minimum atomic E-state index is -0.260. The molecular weight excluding hydrogens is 321 g/mol. The number of H-pyrrole nitrogens is 1. The van der Waals surface area contributed by atoms with Crippen LogP contribution in [0.25, 0.3) is 11.2 Å². The summed E-state index contributed by atoms with van der Waals surface area (Å²) < 4.78 is 15.2. The van der Waals surface area contributed by atoms with Crippen LogP contribution >= 0.6 is 0 Å². The fourth-order valence-electron chi connectivity index (χ4n) is 3.43. The summed E-state index contributed by atoms with van der Waals surface area (Å²) in [4.78, 5) is 23.6. The van der Waals surface area contributed by atoms with E-state index in [9.17, 15) is 9.18 Å². The van der Waals surface area contributed by atoms with Crippen molar-refractivity contribution >= 4 is 11.2 Å². The van der Waals surface area contributed by atoms with E-state index in [2.05, 4.69) is 20.3 Å². The Morgan fingerprint density at radius 3 is 2.72 bits per heavy atom. The number of nitrogens with zero attached hydrogens (tertiary/aromatic N) is 3. The molecule has 0 radical (unpaired) electrons. The smallest absolute Gasteiger partial charge is 0.278 e. The molecule has 0 amide bonds. The zero-order valence-electron chi connectivity index (χ0n) is 13.8. The van der Waals surface area contributed by atoms with E-state index in [1.807, 2.05) is 4.57 Å². The summed E-state index contributed by atoms with van der Waals surface area (Å²) in [6, 6.07) is 6.40. The van der Waals surface area contributed by atoms with Crippen molar-refractivity contribution in [1.29, 1.82) is 0 Å².